The Morgan fingerprint density at radius 3 is 2.94 bits per heavy atom. The van der Waals surface area contributed by atoms with Gasteiger partial charge in [-0.25, -0.2) is 4.98 Å². The maximum absolute atomic E-state index is 11.6. The summed E-state index contributed by atoms with van der Waals surface area (Å²) in [6, 6.07) is 0.400. The molecule has 1 aromatic heterocycles. The Hall–Kier alpha value is -1.36. The Bertz CT molecular complexity index is 409. The molecule has 2 rings (SSSR count). The fraction of sp³-hybridized carbons (Fsp3) is 0.692. The van der Waals surface area contributed by atoms with E-state index in [0.29, 0.717) is 24.9 Å². The Labute approximate surface area is 108 Å². The van der Waals surface area contributed by atoms with E-state index < -0.39 is 0 Å². The van der Waals surface area contributed by atoms with Crippen molar-refractivity contribution in [1.82, 2.24) is 14.9 Å². The number of hydrogen-bond donors (Lipinski definition) is 2. The summed E-state index contributed by atoms with van der Waals surface area (Å²) in [6.45, 7) is 4.82. The van der Waals surface area contributed by atoms with Crippen molar-refractivity contribution in [2.75, 3.05) is 0 Å². The monoisotopic (exact) mass is 250 g/mol. The highest BCUT2D eigenvalue weighted by Crippen LogP contribution is 2.20. The third-order valence-electron chi connectivity index (χ3n) is 3.33. The first-order valence-electron chi connectivity index (χ1n) is 6.63. The van der Waals surface area contributed by atoms with E-state index in [4.69, 9.17) is 5.73 Å². The molecule has 0 radical (unpaired) electrons. The van der Waals surface area contributed by atoms with Crippen LogP contribution in [0.4, 0.5) is 0 Å². The summed E-state index contributed by atoms with van der Waals surface area (Å²) < 4.78 is 1.98. The summed E-state index contributed by atoms with van der Waals surface area (Å²) in [5, 5.41) is 2.98. The molecule has 1 aromatic rings. The van der Waals surface area contributed by atoms with Gasteiger partial charge in [-0.05, 0) is 18.8 Å². The molecule has 18 heavy (non-hydrogen) atoms. The molecular weight excluding hydrogens is 228 g/mol. The van der Waals surface area contributed by atoms with Crippen LogP contribution in [-0.4, -0.2) is 21.5 Å². The van der Waals surface area contributed by atoms with Crippen LogP contribution < -0.4 is 11.1 Å². The van der Waals surface area contributed by atoms with Gasteiger partial charge in [0.25, 0.3) is 0 Å². The molecule has 1 heterocycles. The van der Waals surface area contributed by atoms with Crippen LogP contribution in [0.2, 0.25) is 0 Å². The fourth-order valence-electron chi connectivity index (χ4n) is 1.89. The van der Waals surface area contributed by atoms with Crippen LogP contribution in [-0.2, 0) is 11.3 Å². The lowest BCUT2D eigenvalue weighted by Crippen LogP contribution is -2.27. The zero-order valence-corrected chi connectivity index (χ0v) is 11.1. The number of nitrogens with two attached hydrogens (primary N) is 1. The highest BCUT2D eigenvalue weighted by Gasteiger charge is 2.23. The highest BCUT2D eigenvalue weighted by molar-refractivity contribution is 5.76. The molecule has 1 unspecified atom stereocenters. The summed E-state index contributed by atoms with van der Waals surface area (Å²) in [5.74, 6) is 0.482. The quantitative estimate of drug-likeness (QED) is 0.797. The molecular formula is C13H22N4O. The van der Waals surface area contributed by atoms with Gasteiger partial charge in [-0.1, -0.05) is 13.8 Å². The second-order valence-electron chi connectivity index (χ2n) is 5.37. The van der Waals surface area contributed by atoms with Crippen molar-refractivity contribution in [3.05, 3.63) is 18.2 Å². The Balaban J connectivity index is 1.88. The molecule has 5 heteroatoms. The molecule has 5 nitrogen and oxygen atoms in total. The molecule has 3 N–H and O–H groups in total. The fourth-order valence-corrected chi connectivity index (χ4v) is 1.89. The third-order valence-corrected chi connectivity index (χ3v) is 3.33. The minimum Gasteiger partial charge on any atom is -0.353 e. The first-order chi connectivity index (χ1) is 8.58. The van der Waals surface area contributed by atoms with E-state index in [0.717, 1.165) is 18.5 Å². The molecule has 0 aliphatic heterocycles. The zero-order valence-electron chi connectivity index (χ0n) is 11.1. The molecule has 0 aromatic carbocycles. The summed E-state index contributed by atoms with van der Waals surface area (Å²) in [4.78, 5) is 15.8. The number of hydrogen-bond acceptors (Lipinski definition) is 3. The van der Waals surface area contributed by atoms with E-state index >= 15 is 0 Å². The molecule has 1 saturated carbocycles. The van der Waals surface area contributed by atoms with Gasteiger partial charge in [-0.15, -0.1) is 0 Å². The Morgan fingerprint density at radius 1 is 1.61 bits per heavy atom. The third kappa shape index (κ3) is 3.32. The van der Waals surface area contributed by atoms with Crippen LogP contribution in [0.1, 0.15) is 44.8 Å². The van der Waals surface area contributed by atoms with Crippen molar-refractivity contribution in [2.45, 2.75) is 51.7 Å². The Kier molecular flexibility index (Phi) is 4.01. The molecule has 1 aliphatic carbocycles. The van der Waals surface area contributed by atoms with Crippen LogP contribution in [0.25, 0.3) is 0 Å². The number of imidazole rings is 1. The van der Waals surface area contributed by atoms with Gasteiger partial charge in [0.05, 0.1) is 12.0 Å². The van der Waals surface area contributed by atoms with Crippen LogP contribution in [0, 0.1) is 5.92 Å². The van der Waals surface area contributed by atoms with Gasteiger partial charge in [0.15, 0.2) is 0 Å². The molecule has 100 valence electrons. The second kappa shape index (κ2) is 5.52. The number of nitrogens with zero attached hydrogens (tertiary/aromatic N) is 2. The van der Waals surface area contributed by atoms with E-state index in [-0.39, 0.29) is 11.9 Å². The summed E-state index contributed by atoms with van der Waals surface area (Å²) in [7, 11) is 0. The van der Waals surface area contributed by atoms with Crippen molar-refractivity contribution >= 4 is 5.91 Å². The number of nitrogens with one attached hydrogen (secondary N) is 1. The second-order valence-corrected chi connectivity index (χ2v) is 5.37. The molecule has 1 fully saturated rings. The van der Waals surface area contributed by atoms with Gasteiger partial charge in [0, 0.05) is 31.2 Å². The maximum Gasteiger partial charge on any atom is 0.222 e. The summed E-state index contributed by atoms with van der Waals surface area (Å²) in [6.07, 6.45) is 6.29. The molecule has 0 spiro atoms. The van der Waals surface area contributed by atoms with Gasteiger partial charge in [0.2, 0.25) is 5.91 Å². The SMILES string of the molecule is CC(C)C(N)c1cncn1CCC(=O)NC1CC1. The normalized spacial score (nSPS) is 16.9. The number of aryl methyl sites for hydroxylation is 1. The molecule has 0 saturated heterocycles. The van der Waals surface area contributed by atoms with Gasteiger partial charge in [-0.3, -0.25) is 4.79 Å². The molecule has 0 bridgehead atoms. The minimum absolute atomic E-state index is 0.0287. The number of carbonyl (C=O) groups is 1. The standard InChI is InChI=1S/C13H22N4O/c1-9(2)13(14)11-7-15-8-17(11)6-5-12(18)16-10-3-4-10/h7-10,13H,3-6,14H2,1-2H3,(H,16,18). The molecule has 1 atom stereocenters. The number of amides is 1. The van der Waals surface area contributed by atoms with Crippen molar-refractivity contribution in [1.29, 1.82) is 0 Å². The van der Waals surface area contributed by atoms with Crippen molar-refractivity contribution in [2.24, 2.45) is 11.7 Å². The maximum atomic E-state index is 11.6. The van der Waals surface area contributed by atoms with Crippen molar-refractivity contribution in [3.8, 4) is 0 Å². The van der Waals surface area contributed by atoms with Crippen LogP contribution >= 0.6 is 0 Å². The van der Waals surface area contributed by atoms with Crippen LogP contribution in [0.15, 0.2) is 12.5 Å². The van der Waals surface area contributed by atoms with Gasteiger partial charge >= 0.3 is 0 Å². The average Bonchev–Trinajstić information content (AvgIpc) is 3.01. The van der Waals surface area contributed by atoms with Crippen LogP contribution in [0.5, 0.6) is 0 Å². The van der Waals surface area contributed by atoms with Crippen LogP contribution in [0.3, 0.4) is 0 Å². The van der Waals surface area contributed by atoms with Crippen molar-refractivity contribution in [3.63, 3.8) is 0 Å². The summed E-state index contributed by atoms with van der Waals surface area (Å²) >= 11 is 0. The first-order valence-corrected chi connectivity index (χ1v) is 6.63. The van der Waals surface area contributed by atoms with E-state index in [2.05, 4.69) is 24.1 Å². The van der Waals surface area contributed by atoms with Crippen molar-refractivity contribution < 1.29 is 4.79 Å². The van der Waals surface area contributed by atoms with Gasteiger partial charge < -0.3 is 15.6 Å². The lowest BCUT2D eigenvalue weighted by atomic mass is 10.0. The average molecular weight is 250 g/mol. The lowest BCUT2D eigenvalue weighted by Gasteiger charge is -2.17. The topological polar surface area (TPSA) is 72.9 Å². The predicted octanol–water partition coefficient (Wildman–Crippen LogP) is 1.21. The van der Waals surface area contributed by atoms with E-state index in [1.165, 1.54) is 0 Å². The summed E-state index contributed by atoms with van der Waals surface area (Å²) in [5.41, 5.74) is 7.12. The molecule has 1 amide bonds. The van der Waals surface area contributed by atoms with E-state index in [1.807, 2.05) is 4.57 Å². The number of carbonyl (C=O) groups excluding carboxylic acids is 1. The van der Waals surface area contributed by atoms with E-state index in [1.54, 1.807) is 12.5 Å². The largest absolute Gasteiger partial charge is 0.353 e. The van der Waals surface area contributed by atoms with Gasteiger partial charge in [-0.2, -0.15) is 0 Å². The minimum atomic E-state index is -0.0287. The highest BCUT2D eigenvalue weighted by atomic mass is 16.1. The Morgan fingerprint density at radius 2 is 2.33 bits per heavy atom. The predicted molar refractivity (Wildman–Crippen MR) is 69.8 cm³/mol. The smallest absolute Gasteiger partial charge is 0.222 e. The first kappa shape index (κ1) is 13.1. The lowest BCUT2D eigenvalue weighted by molar-refractivity contribution is -0.121. The molecule has 1 aliphatic rings. The number of rotatable bonds is 6. The number of aromatic nitrogens is 2. The zero-order chi connectivity index (χ0) is 13.1. The van der Waals surface area contributed by atoms with Gasteiger partial charge in [0.1, 0.15) is 0 Å². The van der Waals surface area contributed by atoms with E-state index in [9.17, 15) is 4.79 Å².